The summed E-state index contributed by atoms with van der Waals surface area (Å²) in [5.74, 6) is 0.229. The maximum atomic E-state index is 12.4. The Labute approximate surface area is 135 Å². The van der Waals surface area contributed by atoms with Crippen molar-refractivity contribution < 1.29 is 22.1 Å². The SMILES string of the molecule is C=CCc1cc(C=O)cc(OC)c1OS(=O)(=O)c1ccccc1. The van der Waals surface area contributed by atoms with Crippen molar-refractivity contribution in [2.24, 2.45) is 0 Å². The smallest absolute Gasteiger partial charge is 0.339 e. The molecule has 2 rings (SSSR count). The molecule has 0 radical (unpaired) electrons. The van der Waals surface area contributed by atoms with Crippen molar-refractivity contribution in [1.29, 1.82) is 0 Å². The number of benzene rings is 2. The van der Waals surface area contributed by atoms with Crippen LogP contribution in [0.3, 0.4) is 0 Å². The van der Waals surface area contributed by atoms with E-state index in [1.54, 1.807) is 30.3 Å². The van der Waals surface area contributed by atoms with Crippen molar-refractivity contribution in [3.63, 3.8) is 0 Å². The van der Waals surface area contributed by atoms with E-state index in [4.69, 9.17) is 8.92 Å². The van der Waals surface area contributed by atoms with Crippen molar-refractivity contribution in [2.45, 2.75) is 11.3 Å². The van der Waals surface area contributed by atoms with Crippen LogP contribution in [0, 0.1) is 0 Å². The van der Waals surface area contributed by atoms with Crippen LogP contribution < -0.4 is 8.92 Å². The van der Waals surface area contributed by atoms with Gasteiger partial charge in [0.2, 0.25) is 0 Å². The molecule has 0 atom stereocenters. The third-order valence-electron chi connectivity index (χ3n) is 3.10. The molecular weight excluding hydrogens is 316 g/mol. The van der Waals surface area contributed by atoms with Gasteiger partial charge in [-0.15, -0.1) is 6.58 Å². The summed E-state index contributed by atoms with van der Waals surface area (Å²) in [4.78, 5) is 11.0. The summed E-state index contributed by atoms with van der Waals surface area (Å²) in [6, 6.07) is 10.8. The largest absolute Gasteiger partial charge is 0.493 e. The first-order chi connectivity index (χ1) is 11.0. The number of hydrogen-bond acceptors (Lipinski definition) is 5. The number of allylic oxidation sites excluding steroid dienone is 1. The molecule has 0 N–H and O–H groups in total. The fourth-order valence-corrected chi connectivity index (χ4v) is 3.05. The van der Waals surface area contributed by atoms with Gasteiger partial charge in [0.25, 0.3) is 0 Å². The molecule has 23 heavy (non-hydrogen) atoms. The average molecular weight is 332 g/mol. The second-order valence-corrected chi connectivity index (χ2v) is 6.22. The van der Waals surface area contributed by atoms with E-state index in [1.807, 2.05) is 0 Å². The molecule has 0 aromatic heterocycles. The predicted octanol–water partition coefficient (Wildman–Crippen LogP) is 3.00. The zero-order valence-corrected chi connectivity index (χ0v) is 13.4. The molecule has 120 valence electrons. The normalized spacial score (nSPS) is 10.8. The van der Waals surface area contributed by atoms with Gasteiger partial charge in [0, 0.05) is 11.1 Å². The first-order valence-electron chi connectivity index (χ1n) is 6.78. The van der Waals surface area contributed by atoms with E-state index < -0.39 is 10.1 Å². The van der Waals surface area contributed by atoms with E-state index in [1.165, 1.54) is 25.3 Å². The predicted molar refractivity (Wildman–Crippen MR) is 86.5 cm³/mol. The van der Waals surface area contributed by atoms with Gasteiger partial charge in [-0.1, -0.05) is 24.3 Å². The van der Waals surface area contributed by atoms with E-state index in [9.17, 15) is 13.2 Å². The lowest BCUT2D eigenvalue weighted by atomic mass is 10.1. The number of carbonyl (C=O) groups is 1. The van der Waals surface area contributed by atoms with Crippen LogP contribution in [0.15, 0.2) is 60.0 Å². The van der Waals surface area contributed by atoms with E-state index in [0.29, 0.717) is 23.8 Å². The topological polar surface area (TPSA) is 69.7 Å². The first-order valence-corrected chi connectivity index (χ1v) is 8.19. The number of aldehydes is 1. The number of rotatable bonds is 7. The van der Waals surface area contributed by atoms with E-state index >= 15 is 0 Å². The van der Waals surface area contributed by atoms with Gasteiger partial charge in [0.1, 0.15) is 11.2 Å². The first kappa shape index (κ1) is 16.8. The zero-order valence-electron chi connectivity index (χ0n) is 12.6. The molecule has 0 bridgehead atoms. The van der Waals surface area contributed by atoms with Crippen molar-refractivity contribution in [3.05, 3.63) is 66.2 Å². The molecule has 0 aliphatic heterocycles. The molecule has 2 aromatic rings. The molecule has 2 aromatic carbocycles. The average Bonchev–Trinajstić information content (AvgIpc) is 2.57. The Kier molecular flexibility index (Phi) is 5.18. The highest BCUT2D eigenvalue weighted by atomic mass is 32.2. The lowest BCUT2D eigenvalue weighted by Gasteiger charge is -2.15. The summed E-state index contributed by atoms with van der Waals surface area (Å²) in [7, 11) is -2.63. The lowest BCUT2D eigenvalue weighted by Crippen LogP contribution is -2.12. The molecular formula is C17H16O5S. The minimum Gasteiger partial charge on any atom is -0.493 e. The second kappa shape index (κ2) is 7.11. The van der Waals surface area contributed by atoms with E-state index in [-0.39, 0.29) is 16.4 Å². The Hall–Kier alpha value is -2.60. The summed E-state index contributed by atoms with van der Waals surface area (Å²) in [5, 5.41) is 0. The van der Waals surface area contributed by atoms with Crippen molar-refractivity contribution in [3.8, 4) is 11.5 Å². The monoisotopic (exact) mass is 332 g/mol. The number of carbonyl (C=O) groups excluding carboxylic acids is 1. The van der Waals surface area contributed by atoms with Crippen molar-refractivity contribution >= 4 is 16.4 Å². The van der Waals surface area contributed by atoms with E-state index in [0.717, 1.165) is 0 Å². The molecule has 0 saturated heterocycles. The minimum atomic E-state index is -4.01. The summed E-state index contributed by atoms with van der Waals surface area (Å²) in [6.07, 6.45) is 2.58. The highest BCUT2D eigenvalue weighted by Crippen LogP contribution is 2.35. The van der Waals surface area contributed by atoms with Gasteiger partial charge in [-0.2, -0.15) is 8.42 Å². The Balaban J connectivity index is 2.53. The third-order valence-corrected chi connectivity index (χ3v) is 4.33. The summed E-state index contributed by atoms with van der Waals surface area (Å²) in [5.41, 5.74) is 0.865. The number of hydrogen-bond donors (Lipinski definition) is 0. The fraction of sp³-hybridized carbons (Fsp3) is 0.118. The van der Waals surface area contributed by atoms with Crippen LogP contribution in [0.2, 0.25) is 0 Å². The minimum absolute atomic E-state index is 0.0334. The number of methoxy groups -OCH3 is 1. The zero-order chi connectivity index (χ0) is 16.9. The van der Waals surface area contributed by atoms with Crippen LogP contribution in [0.4, 0.5) is 0 Å². The lowest BCUT2D eigenvalue weighted by molar-refractivity contribution is 0.112. The molecule has 6 heteroatoms. The standard InChI is InChI=1S/C17H16O5S/c1-3-7-14-10-13(12-18)11-16(21-2)17(14)22-23(19,20)15-8-5-4-6-9-15/h3-6,8-12H,1,7H2,2H3. The van der Waals surface area contributed by atoms with Crippen LogP contribution in [0.5, 0.6) is 11.5 Å². The highest BCUT2D eigenvalue weighted by molar-refractivity contribution is 7.87. The molecule has 0 aliphatic carbocycles. The molecule has 0 spiro atoms. The second-order valence-electron chi connectivity index (χ2n) is 4.67. The van der Waals surface area contributed by atoms with Crippen LogP contribution in [0.1, 0.15) is 15.9 Å². The molecule has 0 fully saturated rings. The van der Waals surface area contributed by atoms with Gasteiger partial charge in [-0.25, -0.2) is 0 Å². The fourth-order valence-electron chi connectivity index (χ4n) is 2.05. The third kappa shape index (κ3) is 3.78. The molecule has 5 nitrogen and oxygen atoms in total. The van der Waals surface area contributed by atoms with Gasteiger partial charge >= 0.3 is 10.1 Å². The molecule has 0 aliphatic rings. The van der Waals surface area contributed by atoms with Gasteiger partial charge in [0.05, 0.1) is 7.11 Å². The molecule has 0 unspecified atom stereocenters. The summed E-state index contributed by atoms with van der Waals surface area (Å²) >= 11 is 0. The van der Waals surface area contributed by atoms with E-state index in [2.05, 4.69) is 6.58 Å². The van der Waals surface area contributed by atoms with Crippen molar-refractivity contribution in [2.75, 3.05) is 7.11 Å². The Morgan fingerprint density at radius 2 is 1.87 bits per heavy atom. The summed E-state index contributed by atoms with van der Waals surface area (Å²) in [6.45, 7) is 3.63. The molecule has 0 saturated carbocycles. The van der Waals surface area contributed by atoms with Crippen molar-refractivity contribution in [1.82, 2.24) is 0 Å². The van der Waals surface area contributed by atoms with Crippen LogP contribution in [-0.2, 0) is 16.5 Å². The quantitative estimate of drug-likeness (QED) is 0.443. The molecule has 0 heterocycles. The van der Waals surface area contributed by atoms with Gasteiger partial charge in [0.15, 0.2) is 11.5 Å². The van der Waals surface area contributed by atoms with Crippen LogP contribution in [0.25, 0.3) is 0 Å². The molecule has 0 amide bonds. The van der Waals surface area contributed by atoms with Gasteiger partial charge in [-0.3, -0.25) is 4.79 Å². The maximum absolute atomic E-state index is 12.4. The van der Waals surface area contributed by atoms with Crippen LogP contribution in [-0.4, -0.2) is 21.8 Å². The Morgan fingerprint density at radius 1 is 1.17 bits per heavy atom. The van der Waals surface area contributed by atoms with Crippen LogP contribution >= 0.6 is 0 Å². The van der Waals surface area contributed by atoms with Gasteiger partial charge < -0.3 is 8.92 Å². The number of ether oxygens (including phenoxy) is 1. The Bertz CT molecular complexity index is 810. The summed E-state index contributed by atoms with van der Waals surface area (Å²) < 4.78 is 35.3. The maximum Gasteiger partial charge on any atom is 0.339 e. The highest BCUT2D eigenvalue weighted by Gasteiger charge is 2.22. The Morgan fingerprint density at radius 3 is 2.43 bits per heavy atom. The van der Waals surface area contributed by atoms with Gasteiger partial charge in [-0.05, 0) is 30.7 Å².